The van der Waals surface area contributed by atoms with Gasteiger partial charge in [-0.1, -0.05) is 36.4 Å². The van der Waals surface area contributed by atoms with E-state index in [2.05, 4.69) is 10.6 Å². The van der Waals surface area contributed by atoms with E-state index in [4.69, 9.17) is 0 Å². The quantitative estimate of drug-likeness (QED) is 0.540. The molecule has 2 N–H and O–H groups in total. The van der Waals surface area contributed by atoms with Gasteiger partial charge in [0.2, 0.25) is 5.91 Å². The number of amides is 2. The lowest BCUT2D eigenvalue weighted by molar-refractivity contribution is -0.111. The number of nitrogens with zero attached hydrogens (tertiary/aromatic N) is 1. The van der Waals surface area contributed by atoms with Crippen LogP contribution in [0.25, 0.3) is 6.08 Å². The Hall–Kier alpha value is -3.91. The minimum Gasteiger partial charge on any atom is -0.355 e. The van der Waals surface area contributed by atoms with Crippen molar-refractivity contribution in [2.45, 2.75) is 4.90 Å². The molecular formula is C24H23N3O4S. The van der Waals surface area contributed by atoms with Gasteiger partial charge < -0.3 is 10.6 Å². The van der Waals surface area contributed by atoms with E-state index in [1.807, 2.05) is 6.07 Å². The third kappa shape index (κ3) is 5.41. The van der Waals surface area contributed by atoms with Crippen LogP contribution in [0, 0.1) is 0 Å². The normalized spacial score (nSPS) is 11.2. The molecule has 0 fully saturated rings. The minimum atomic E-state index is -3.79. The van der Waals surface area contributed by atoms with Crippen molar-refractivity contribution in [2.24, 2.45) is 0 Å². The smallest absolute Gasteiger partial charge is 0.264 e. The highest BCUT2D eigenvalue weighted by molar-refractivity contribution is 7.92. The minimum absolute atomic E-state index is 0.0652. The summed E-state index contributed by atoms with van der Waals surface area (Å²) in [7, 11) is -0.751. The number of para-hydroxylation sites is 1. The van der Waals surface area contributed by atoms with Crippen LogP contribution in [0.5, 0.6) is 0 Å². The van der Waals surface area contributed by atoms with Crippen LogP contribution in [0.2, 0.25) is 0 Å². The molecule has 0 spiro atoms. The Kier molecular flexibility index (Phi) is 7.07. The van der Waals surface area contributed by atoms with Crippen molar-refractivity contribution in [3.63, 3.8) is 0 Å². The molecule has 0 saturated heterocycles. The number of anilines is 2. The summed E-state index contributed by atoms with van der Waals surface area (Å²) >= 11 is 0. The molecule has 0 bridgehead atoms. The molecule has 0 aliphatic heterocycles. The van der Waals surface area contributed by atoms with Crippen LogP contribution < -0.4 is 14.9 Å². The maximum Gasteiger partial charge on any atom is 0.264 e. The van der Waals surface area contributed by atoms with Gasteiger partial charge in [-0.2, -0.15) is 0 Å². The highest BCUT2D eigenvalue weighted by Crippen LogP contribution is 2.23. The van der Waals surface area contributed by atoms with E-state index in [1.165, 1.54) is 29.6 Å². The first-order chi connectivity index (χ1) is 15.3. The van der Waals surface area contributed by atoms with Crippen molar-refractivity contribution in [2.75, 3.05) is 23.7 Å². The van der Waals surface area contributed by atoms with Crippen LogP contribution in [0.15, 0.2) is 89.8 Å². The lowest BCUT2D eigenvalue weighted by atomic mass is 10.1. The number of benzene rings is 3. The summed E-state index contributed by atoms with van der Waals surface area (Å²) in [5.41, 5.74) is 2.16. The zero-order valence-corrected chi connectivity index (χ0v) is 18.5. The molecule has 0 aliphatic carbocycles. The summed E-state index contributed by atoms with van der Waals surface area (Å²) in [5.74, 6) is -0.600. The third-order valence-corrected chi connectivity index (χ3v) is 6.49. The van der Waals surface area contributed by atoms with E-state index in [0.29, 0.717) is 16.9 Å². The SMILES string of the molecule is CNC(=O)c1ccc(/C=C/C(=O)Nc2cccc(S(=O)(=O)N(C)c3ccccc3)c2)cc1. The summed E-state index contributed by atoms with van der Waals surface area (Å²) in [6.07, 6.45) is 2.94. The standard InChI is InChI=1S/C24H23N3O4S/c1-25-24(29)19-14-11-18(12-15-19)13-16-23(28)26-20-7-6-10-22(17-20)32(30,31)27(2)21-8-4-3-5-9-21/h3-17H,1-2H3,(H,25,29)(H,26,28)/b16-13+. The first-order valence-electron chi connectivity index (χ1n) is 9.76. The van der Waals surface area contributed by atoms with Gasteiger partial charge >= 0.3 is 0 Å². The Bertz CT molecular complexity index is 1240. The molecule has 0 saturated carbocycles. The van der Waals surface area contributed by atoms with Gasteiger partial charge in [-0.05, 0) is 54.1 Å². The number of rotatable bonds is 7. The number of hydrogen-bond acceptors (Lipinski definition) is 4. The van der Waals surface area contributed by atoms with Crippen molar-refractivity contribution in [3.05, 3.63) is 96.1 Å². The van der Waals surface area contributed by atoms with Crippen LogP contribution >= 0.6 is 0 Å². The first-order valence-corrected chi connectivity index (χ1v) is 11.2. The number of nitrogens with one attached hydrogen (secondary N) is 2. The summed E-state index contributed by atoms with van der Waals surface area (Å²) in [5, 5.41) is 5.21. The zero-order valence-electron chi connectivity index (χ0n) is 17.6. The summed E-state index contributed by atoms with van der Waals surface area (Å²) in [4.78, 5) is 23.9. The molecule has 3 aromatic rings. The number of carbonyl (C=O) groups excluding carboxylic acids is 2. The van der Waals surface area contributed by atoms with Gasteiger partial charge in [0.05, 0.1) is 10.6 Å². The summed E-state index contributed by atoms with van der Waals surface area (Å²) in [6.45, 7) is 0. The molecule has 0 aliphatic rings. The number of hydrogen-bond donors (Lipinski definition) is 2. The molecule has 2 amide bonds. The van der Waals surface area contributed by atoms with E-state index in [9.17, 15) is 18.0 Å². The number of carbonyl (C=O) groups is 2. The molecule has 0 atom stereocenters. The van der Waals surface area contributed by atoms with Crippen molar-refractivity contribution in [1.29, 1.82) is 0 Å². The third-order valence-electron chi connectivity index (χ3n) is 4.71. The molecule has 164 valence electrons. The van der Waals surface area contributed by atoms with Crippen LogP contribution in [0.3, 0.4) is 0 Å². The molecule has 0 unspecified atom stereocenters. The topological polar surface area (TPSA) is 95.6 Å². The molecule has 7 nitrogen and oxygen atoms in total. The van der Waals surface area contributed by atoms with E-state index >= 15 is 0 Å². The molecule has 8 heteroatoms. The Balaban J connectivity index is 1.71. The van der Waals surface area contributed by atoms with E-state index in [0.717, 1.165) is 5.56 Å². The maximum absolute atomic E-state index is 12.9. The lowest BCUT2D eigenvalue weighted by Gasteiger charge is -2.19. The van der Waals surface area contributed by atoms with Crippen molar-refractivity contribution in [3.8, 4) is 0 Å². The molecule has 0 heterocycles. The Morgan fingerprint density at radius 3 is 2.25 bits per heavy atom. The van der Waals surface area contributed by atoms with Crippen molar-refractivity contribution < 1.29 is 18.0 Å². The fraction of sp³-hybridized carbons (Fsp3) is 0.0833. The Labute approximate surface area is 187 Å². The van der Waals surface area contributed by atoms with Crippen LogP contribution in [0.1, 0.15) is 15.9 Å². The number of sulfonamides is 1. The molecule has 32 heavy (non-hydrogen) atoms. The summed E-state index contributed by atoms with van der Waals surface area (Å²) < 4.78 is 27.1. The largest absolute Gasteiger partial charge is 0.355 e. The first kappa shape index (κ1) is 22.8. The van der Waals surface area contributed by atoms with Gasteiger partial charge in [0.1, 0.15) is 0 Å². The van der Waals surface area contributed by atoms with Gasteiger partial charge in [-0.25, -0.2) is 8.42 Å². The van der Waals surface area contributed by atoms with Crippen molar-refractivity contribution >= 4 is 39.3 Å². The van der Waals surface area contributed by atoms with Crippen molar-refractivity contribution in [1.82, 2.24) is 5.32 Å². The fourth-order valence-corrected chi connectivity index (χ4v) is 4.16. The lowest BCUT2D eigenvalue weighted by Crippen LogP contribution is -2.26. The highest BCUT2D eigenvalue weighted by Gasteiger charge is 2.21. The Morgan fingerprint density at radius 1 is 0.906 bits per heavy atom. The van der Waals surface area contributed by atoms with Crippen LogP contribution in [0.4, 0.5) is 11.4 Å². The predicted octanol–water partition coefficient (Wildman–Crippen LogP) is 3.52. The van der Waals surface area contributed by atoms with Gasteiger partial charge in [0, 0.05) is 31.4 Å². The van der Waals surface area contributed by atoms with E-state index < -0.39 is 15.9 Å². The zero-order chi connectivity index (χ0) is 23.1. The molecular weight excluding hydrogens is 426 g/mol. The monoisotopic (exact) mass is 449 g/mol. The molecule has 3 rings (SSSR count). The van der Waals surface area contributed by atoms with Gasteiger partial charge in [-0.3, -0.25) is 13.9 Å². The molecule has 0 aromatic heterocycles. The van der Waals surface area contributed by atoms with Gasteiger partial charge in [0.15, 0.2) is 0 Å². The average molecular weight is 450 g/mol. The molecule has 0 radical (unpaired) electrons. The highest BCUT2D eigenvalue weighted by atomic mass is 32.2. The Morgan fingerprint density at radius 2 is 1.59 bits per heavy atom. The van der Waals surface area contributed by atoms with E-state index in [-0.39, 0.29) is 10.8 Å². The van der Waals surface area contributed by atoms with Crippen LogP contribution in [-0.2, 0) is 14.8 Å². The van der Waals surface area contributed by atoms with Gasteiger partial charge in [-0.15, -0.1) is 0 Å². The maximum atomic E-state index is 12.9. The second-order valence-electron chi connectivity index (χ2n) is 6.86. The summed E-state index contributed by atoms with van der Waals surface area (Å²) in [6, 6.07) is 21.6. The average Bonchev–Trinajstić information content (AvgIpc) is 2.82. The van der Waals surface area contributed by atoms with Crippen LogP contribution in [-0.4, -0.2) is 34.3 Å². The fourth-order valence-electron chi connectivity index (χ4n) is 2.91. The molecule has 3 aromatic carbocycles. The second-order valence-corrected chi connectivity index (χ2v) is 8.83. The second kappa shape index (κ2) is 9.93. The predicted molar refractivity (Wildman–Crippen MR) is 126 cm³/mol. The van der Waals surface area contributed by atoms with E-state index in [1.54, 1.807) is 73.8 Å². The van der Waals surface area contributed by atoms with Gasteiger partial charge in [0.25, 0.3) is 15.9 Å².